The molecule has 6 heteroatoms. The number of carbonyl (C=O) groups is 1. The quantitative estimate of drug-likeness (QED) is 0.0882. The molecule has 0 amide bonds. The average Bonchev–Trinajstić information content (AvgIpc) is 3.13. The van der Waals surface area contributed by atoms with Gasteiger partial charge in [0.25, 0.3) is 0 Å². The average molecular weight is 610 g/mol. The number of allylic oxidation sites excluding steroid dienone is 10. The van der Waals surface area contributed by atoms with Gasteiger partial charge in [0.1, 0.15) is 0 Å². The molecule has 3 rings (SSSR count). The summed E-state index contributed by atoms with van der Waals surface area (Å²) in [4.78, 5) is 15.7. The maximum absolute atomic E-state index is 12.1. The molecule has 2 heterocycles. The van der Waals surface area contributed by atoms with Crippen LogP contribution in [0.25, 0.3) is 0 Å². The van der Waals surface area contributed by atoms with Crippen molar-refractivity contribution in [3.05, 3.63) is 82.9 Å². The van der Waals surface area contributed by atoms with E-state index in [0.29, 0.717) is 5.92 Å². The fourth-order valence-electron chi connectivity index (χ4n) is 4.64. The third-order valence-electron chi connectivity index (χ3n) is 6.65. The van der Waals surface area contributed by atoms with Gasteiger partial charge in [-0.05, 0) is 91.2 Å². The third-order valence-corrected chi connectivity index (χ3v) is 11.9. The number of hydrogen-bond acceptors (Lipinski definition) is 4. The van der Waals surface area contributed by atoms with Crippen molar-refractivity contribution >= 4 is 52.5 Å². The van der Waals surface area contributed by atoms with Gasteiger partial charge in [-0.25, -0.2) is 0 Å². The zero-order valence-electron chi connectivity index (χ0n) is 20.6. The second-order valence-corrected chi connectivity index (χ2v) is 14.0. The van der Waals surface area contributed by atoms with Gasteiger partial charge in [-0.1, -0.05) is 72.8 Å². The first-order valence-electron chi connectivity index (χ1n) is 12.0. The molecule has 1 fully saturated rings. The van der Waals surface area contributed by atoms with Crippen LogP contribution in [0.1, 0.15) is 39.0 Å². The van der Waals surface area contributed by atoms with Gasteiger partial charge >= 0.3 is 5.97 Å². The van der Waals surface area contributed by atoms with Crippen LogP contribution in [0.3, 0.4) is 0 Å². The van der Waals surface area contributed by atoms with Crippen LogP contribution >= 0.6 is 41.9 Å². The fourth-order valence-corrected chi connectivity index (χ4v) is 9.23. The van der Waals surface area contributed by atoms with Gasteiger partial charge in [-0.3, -0.25) is 4.79 Å². The Morgan fingerprint density at radius 2 is 1.94 bits per heavy atom. The van der Waals surface area contributed by atoms with E-state index in [9.17, 15) is 4.79 Å². The van der Waals surface area contributed by atoms with Crippen LogP contribution < -0.4 is 0 Å². The number of alkyl halides is 1. The van der Waals surface area contributed by atoms with Gasteiger partial charge in [0.2, 0.25) is 0 Å². The minimum absolute atomic E-state index is 0.0506. The van der Waals surface area contributed by atoms with Crippen LogP contribution in [0.5, 0.6) is 0 Å². The van der Waals surface area contributed by atoms with E-state index in [4.69, 9.17) is 4.74 Å². The smallest absolute Gasteiger partial charge is 0.308 e. The lowest BCUT2D eigenvalue weighted by molar-refractivity contribution is -0.146. The summed E-state index contributed by atoms with van der Waals surface area (Å²) in [5, 5.41) is 1.48. The Hall–Kier alpha value is -1.17. The van der Waals surface area contributed by atoms with Crippen molar-refractivity contribution in [1.82, 2.24) is 4.90 Å². The molecule has 2 aliphatic heterocycles. The van der Waals surface area contributed by atoms with Gasteiger partial charge in [0.15, 0.2) is 0 Å². The number of carbonyl (C=O) groups excluding carboxylic acids is 1. The number of nitrogens with zero attached hydrogens (tertiary/aromatic N) is 1. The van der Waals surface area contributed by atoms with Gasteiger partial charge in [-0.2, -0.15) is 0 Å². The van der Waals surface area contributed by atoms with Crippen LogP contribution in [0.4, 0.5) is 0 Å². The molecule has 1 saturated carbocycles. The van der Waals surface area contributed by atoms with Gasteiger partial charge in [0.05, 0.1) is 13.0 Å². The molecule has 3 aliphatic rings. The first kappa shape index (κ1) is 27.4. The molecule has 0 spiro atoms. The summed E-state index contributed by atoms with van der Waals surface area (Å²) in [5.74, 6) is 0.475. The van der Waals surface area contributed by atoms with Crippen molar-refractivity contribution in [2.45, 2.75) is 39.0 Å². The molecule has 0 aromatic heterocycles. The lowest BCUT2D eigenvalue weighted by Gasteiger charge is -2.28. The first-order chi connectivity index (χ1) is 16.5. The predicted octanol–water partition coefficient (Wildman–Crippen LogP) is 7.68. The number of rotatable bonds is 9. The molecule has 0 bridgehead atoms. The summed E-state index contributed by atoms with van der Waals surface area (Å²) in [6, 6.07) is 0. The van der Waals surface area contributed by atoms with Crippen molar-refractivity contribution in [3.8, 4) is 0 Å². The number of methoxy groups -OCH3 is 1. The maximum Gasteiger partial charge on any atom is 0.308 e. The van der Waals surface area contributed by atoms with E-state index >= 15 is 0 Å². The van der Waals surface area contributed by atoms with E-state index in [1.165, 1.54) is 43.9 Å². The lowest BCUT2D eigenvalue weighted by Crippen LogP contribution is -2.23. The minimum atomic E-state index is -0.774. The highest BCUT2D eigenvalue weighted by Gasteiger charge is 2.29. The summed E-state index contributed by atoms with van der Waals surface area (Å²) in [6.07, 6.45) is 24.9. The monoisotopic (exact) mass is 609 g/mol. The van der Waals surface area contributed by atoms with Crippen molar-refractivity contribution in [2.24, 2.45) is 11.8 Å². The van der Waals surface area contributed by atoms with Crippen LogP contribution in [0, 0.1) is 11.8 Å². The van der Waals surface area contributed by atoms with Crippen LogP contribution in [0.2, 0.25) is 0 Å². The molecular formula is C28H37INO2PS. The summed E-state index contributed by atoms with van der Waals surface area (Å²) in [7, 11) is 0.728. The molecule has 1 atom stereocenters. The van der Waals surface area contributed by atoms with E-state index < -0.39 is 7.55 Å². The minimum Gasteiger partial charge on any atom is -0.469 e. The highest BCUT2D eigenvalue weighted by atomic mass is 127. The van der Waals surface area contributed by atoms with E-state index in [1.807, 2.05) is 17.8 Å². The Labute approximate surface area is 224 Å². The van der Waals surface area contributed by atoms with Gasteiger partial charge in [0, 0.05) is 28.0 Å². The Kier molecular flexibility index (Phi) is 11.1. The summed E-state index contributed by atoms with van der Waals surface area (Å²) >= 11 is 4.37. The molecule has 1 unspecified atom stereocenters. The molecule has 184 valence electrons. The predicted molar refractivity (Wildman–Crippen MR) is 161 cm³/mol. The number of esters is 1. The van der Waals surface area contributed by atoms with E-state index in [2.05, 4.69) is 96.5 Å². The molecule has 0 aromatic carbocycles. The first-order valence-corrected chi connectivity index (χ1v) is 16.4. The van der Waals surface area contributed by atoms with Crippen molar-refractivity contribution in [1.29, 1.82) is 0 Å². The summed E-state index contributed by atoms with van der Waals surface area (Å²) in [5.41, 5.74) is 2.65. The van der Waals surface area contributed by atoms with Crippen molar-refractivity contribution in [3.63, 3.8) is 0 Å². The van der Waals surface area contributed by atoms with Crippen LogP contribution in [-0.4, -0.2) is 40.2 Å². The molecule has 0 aromatic rings. The summed E-state index contributed by atoms with van der Waals surface area (Å²) < 4.78 is 7.69. The largest absolute Gasteiger partial charge is 0.469 e. The van der Waals surface area contributed by atoms with Crippen molar-refractivity contribution < 1.29 is 9.53 Å². The highest BCUT2D eigenvalue weighted by molar-refractivity contribution is 14.1. The Balaban J connectivity index is 1.86. The summed E-state index contributed by atoms with van der Waals surface area (Å²) in [6.45, 7) is 9.52. The van der Waals surface area contributed by atoms with Crippen LogP contribution in [0.15, 0.2) is 82.9 Å². The number of halogens is 1. The Morgan fingerprint density at radius 1 is 1.26 bits per heavy atom. The lowest BCUT2D eigenvalue weighted by atomic mass is 9.78. The van der Waals surface area contributed by atoms with Crippen LogP contribution in [-0.2, 0) is 9.53 Å². The maximum atomic E-state index is 12.1. The number of ether oxygens (including phenoxy) is 1. The molecule has 34 heavy (non-hydrogen) atoms. The fraction of sp³-hybridized carbons (Fsp3) is 0.429. The topological polar surface area (TPSA) is 29.5 Å². The number of hydrogen-bond donors (Lipinski definition) is 0. The molecule has 1 aliphatic carbocycles. The normalized spacial score (nSPS) is 25.5. The second kappa shape index (κ2) is 13.8. The Bertz CT molecular complexity index is 978. The van der Waals surface area contributed by atoms with E-state index in [0.717, 1.165) is 32.2 Å². The molecule has 0 radical (unpaired) electrons. The van der Waals surface area contributed by atoms with Crippen molar-refractivity contribution in [2.75, 3.05) is 24.7 Å². The van der Waals surface area contributed by atoms with E-state index in [-0.39, 0.29) is 11.9 Å². The number of thioether (sulfide) groups is 1. The standard InChI is InChI=1S/C28H37INO2PS/c1-5-6-8-26-21(2)34-27(33(26)4)20-25(23-9-11-24(12-10-23)28(31)32-3)19-22-13-17-30(18-14-22)16-7-15-29/h5-6,8,13-14,17-20,23-24,33H,1,7,9-12,15-16H2,2-4H3/b8-6-,25-20-. The third kappa shape index (κ3) is 7.41. The van der Waals surface area contributed by atoms with E-state index in [1.54, 1.807) is 0 Å². The molecule has 3 nitrogen and oxygen atoms in total. The highest BCUT2D eigenvalue weighted by Crippen LogP contribution is 2.50. The molecule has 0 saturated heterocycles. The van der Waals surface area contributed by atoms with Gasteiger partial charge in [-0.15, -0.1) is 0 Å². The SMILES string of the molecule is C=C/C=C\C1=C(C)SC(/C=C(/C=C2C=CN(CCCI)C=C2)C2CCC(C(=O)OC)CC2)=[PH]1C. The second-order valence-electron chi connectivity index (χ2n) is 8.93. The zero-order chi connectivity index (χ0) is 24.5. The zero-order valence-corrected chi connectivity index (χ0v) is 24.5. The van der Waals surface area contributed by atoms with Gasteiger partial charge < -0.3 is 9.64 Å². The Morgan fingerprint density at radius 3 is 2.56 bits per heavy atom. The molecule has 0 N–H and O–H groups in total. The molecular weight excluding hydrogens is 572 g/mol.